The van der Waals surface area contributed by atoms with E-state index >= 15 is 0 Å². The molecule has 9 heteroatoms. The molecule has 0 radical (unpaired) electrons. The minimum atomic E-state index is -0.286. The fraction of sp³-hybridized carbons (Fsp3) is 0.278. The highest BCUT2D eigenvalue weighted by atomic mass is 127. The van der Waals surface area contributed by atoms with Crippen molar-refractivity contribution in [1.82, 2.24) is 25.2 Å². The van der Waals surface area contributed by atoms with Crippen molar-refractivity contribution < 1.29 is 4.39 Å². The summed E-state index contributed by atoms with van der Waals surface area (Å²) >= 11 is 1.64. The molecule has 0 aliphatic rings. The zero-order valence-electron chi connectivity index (χ0n) is 15.4. The minimum Gasteiger partial charge on any atom is -0.352 e. The lowest BCUT2D eigenvalue weighted by molar-refractivity contribution is 0.613. The highest BCUT2D eigenvalue weighted by Gasteiger charge is 2.08. The largest absolute Gasteiger partial charge is 0.352 e. The van der Waals surface area contributed by atoms with Gasteiger partial charge in [0.2, 0.25) is 0 Å². The van der Waals surface area contributed by atoms with Gasteiger partial charge in [-0.05, 0) is 31.5 Å². The zero-order chi connectivity index (χ0) is 18.5. The first-order valence-corrected chi connectivity index (χ1v) is 9.03. The average molecular weight is 500 g/mol. The molecule has 0 saturated heterocycles. The van der Waals surface area contributed by atoms with Gasteiger partial charge in [-0.25, -0.2) is 14.4 Å². The quantitative estimate of drug-likeness (QED) is 0.320. The fourth-order valence-electron chi connectivity index (χ4n) is 2.54. The van der Waals surface area contributed by atoms with E-state index in [0.717, 1.165) is 16.4 Å². The summed E-state index contributed by atoms with van der Waals surface area (Å²) in [4.78, 5) is 13.8. The predicted octanol–water partition coefficient (Wildman–Crippen LogP) is 3.57. The van der Waals surface area contributed by atoms with E-state index in [9.17, 15) is 4.39 Å². The van der Waals surface area contributed by atoms with Crippen LogP contribution in [0.5, 0.6) is 0 Å². The monoisotopic (exact) mass is 500 g/mol. The number of hydrogen-bond acceptors (Lipinski definition) is 4. The summed E-state index contributed by atoms with van der Waals surface area (Å²) in [6, 6.07) is 5.18. The molecule has 6 nitrogen and oxygen atoms in total. The number of nitrogens with one attached hydrogen (secondary N) is 2. The molecule has 2 aromatic heterocycles. The lowest BCUT2D eigenvalue weighted by Gasteiger charge is -2.12. The Bertz CT molecular complexity index is 920. The van der Waals surface area contributed by atoms with Gasteiger partial charge in [0.15, 0.2) is 5.96 Å². The molecule has 2 heterocycles. The van der Waals surface area contributed by atoms with Gasteiger partial charge in [-0.1, -0.05) is 6.07 Å². The maximum atomic E-state index is 14.4. The third-order valence-corrected chi connectivity index (χ3v) is 4.77. The van der Waals surface area contributed by atoms with E-state index in [1.165, 1.54) is 10.9 Å². The maximum absolute atomic E-state index is 14.4. The van der Waals surface area contributed by atoms with Crippen molar-refractivity contribution in [3.05, 3.63) is 63.9 Å². The normalized spacial score (nSPS) is 11.2. The molecule has 0 atom stereocenters. The van der Waals surface area contributed by atoms with Crippen molar-refractivity contribution >= 4 is 41.3 Å². The Morgan fingerprint density at radius 2 is 2.00 bits per heavy atom. The van der Waals surface area contributed by atoms with Crippen LogP contribution in [0.15, 0.2) is 41.8 Å². The van der Waals surface area contributed by atoms with Crippen LogP contribution in [0.1, 0.15) is 21.3 Å². The van der Waals surface area contributed by atoms with E-state index in [-0.39, 0.29) is 29.8 Å². The van der Waals surface area contributed by atoms with Crippen LogP contribution in [0.25, 0.3) is 5.69 Å². The number of thiazole rings is 1. The molecule has 0 aliphatic heterocycles. The van der Waals surface area contributed by atoms with Crippen molar-refractivity contribution in [2.45, 2.75) is 26.9 Å². The summed E-state index contributed by atoms with van der Waals surface area (Å²) in [6.07, 6.45) is 5.26. The topological polar surface area (TPSA) is 67.1 Å². The van der Waals surface area contributed by atoms with Crippen LogP contribution in [0.3, 0.4) is 0 Å². The number of aryl methyl sites for hydroxylation is 2. The van der Waals surface area contributed by atoms with Gasteiger partial charge in [-0.2, -0.15) is 0 Å². The summed E-state index contributed by atoms with van der Waals surface area (Å²) in [5.74, 6) is 1.11. The molecule has 144 valence electrons. The number of benzene rings is 1. The van der Waals surface area contributed by atoms with Crippen LogP contribution in [0.2, 0.25) is 0 Å². The molecule has 0 unspecified atom stereocenters. The van der Waals surface area contributed by atoms with Crippen molar-refractivity contribution in [2.24, 2.45) is 4.99 Å². The number of hydrogen-bond donors (Lipinski definition) is 2. The van der Waals surface area contributed by atoms with Gasteiger partial charge in [-0.15, -0.1) is 35.3 Å². The number of guanidine groups is 1. The second-order valence-electron chi connectivity index (χ2n) is 5.77. The number of aromatic nitrogens is 3. The molecule has 0 fully saturated rings. The Kier molecular flexibility index (Phi) is 7.72. The van der Waals surface area contributed by atoms with Crippen LogP contribution < -0.4 is 10.6 Å². The van der Waals surface area contributed by atoms with Gasteiger partial charge >= 0.3 is 0 Å². The molecule has 3 rings (SSSR count). The summed E-state index contributed by atoms with van der Waals surface area (Å²) < 4.78 is 16.2. The van der Waals surface area contributed by atoms with E-state index in [0.29, 0.717) is 24.7 Å². The standard InChI is InChI=1S/C18H21FN6S.HI/c1-12-9-22-17(26-12)11-24-18(20-3)23-10-14-4-5-16(15(19)8-14)25-7-6-21-13(25)2;/h4-9H,10-11H2,1-3H3,(H2,20,23,24);1H. The summed E-state index contributed by atoms with van der Waals surface area (Å²) in [5, 5.41) is 7.39. The van der Waals surface area contributed by atoms with Gasteiger partial charge in [-0.3, -0.25) is 4.99 Å². The fourth-order valence-corrected chi connectivity index (χ4v) is 3.26. The molecule has 2 N–H and O–H groups in total. The Balaban J connectivity index is 0.00000261. The van der Waals surface area contributed by atoms with Crippen LogP contribution in [-0.4, -0.2) is 27.5 Å². The molecule has 0 saturated carbocycles. The Morgan fingerprint density at radius 3 is 2.59 bits per heavy atom. The third-order valence-electron chi connectivity index (χ3n) is 3.86. The zero-order valence-corrected chi connectivity index (χ0v) is 18.5. The Labute approximate surface area is 179 Å². The highest BCUT2D eigenvalue weighted by Crippen LogP contribution is 2.16. The molecule has 0 amide bonds. The Morgan fingerprint density at radius 1 is 1.22 bits per heavy atom. The average Bonchev–Trinajstić information content (AvgIpc) is 3.23. The molecular formula is C18H22FIN6S. The summed E-state index contributed by atoms with van der Waals surface area (Å²) in [7, 11) is 1.70. The summed E-state index contributed by atoms with van der Waals surface area (Å²) in [6.45, 7) is 4.94. The number of halogens is 2. The first-order chi connectivity index (χ1) is 12.6. The molecule has 3 aromatic rings. The smallest absolute Gasteiger partial charge is 0.191 e. The second-order valence-corrected chi connectivity index (χ2v) is 7.09. The first-order valence-electron chi connectivity index (χ1n) is 8.21. The van der Waals surface area contributed by atoms with Crippen molar-refractivity contribution in [3.8, 4) is 5.69 Å². The van der Waals surface area contributed by atoms with Crippen LogP contribution in [0.4, 0.5) is 4.39 Å². The van der Waals surface area contributed by atoms with E-state index in [4.69, 9.17) is 0 Å². The molecular weight excluding hydrogens is 478 g/mol. The van der Waals surface area contributed by atoms with Gasteiger partial charge in [0.1, 0.15) is 16.6 Å². The van der Waals surface area contributed by atoms with E-state index in [2.05, 4.69) is 25.6 Å². The molecule has 0 spiro atoms. The van der Waals surface area contributed by atoms with E-state index in [1.807, 2.05) is 26.1 Å². The predicted molar refractivity (Wildman–Crippen MR) is 118 cm³/mol. The van der Waals surface area contributed by atoms with Crippen molar-refractivity contribution in [1.29, 1.82) is 0 Å². The SMILES string of the molecule is CN=C(NCc1ccc(-n2ccnc2C)c(F)c1)NCc1ncc(C)s1.I. The third kappa shape index (κ3) is 5.48. The number of aliphatic imine (C=N–C) groups is 1. The highest BCUT2D eigenvalue weighted by molar-refractivity contribution is 14.0. The minimum absolute atomic E-state index is 0. The second kappa shape index (κ2) is 9.79. The number of rotatable bonds is 5. The van der Waals surface area contributed by atoms with Crippen molar-refractivity contribution in [2.75, 3.05) is 7.05 Å². The number of imidazole rings is 1. The van der Waals surface area contributed by atoms with Gasteiger partial charge < -0.3 is 15.2 Å². The van der Waals surface area contributed by atoms with Gasteiger partial charge in [0, 0.05) is 37.1 Å². The van der Waals surface area contributed by atoms with Crippen LogP contribution in [-0.2, 0) is 13.1 Å². The molecule has 1 aromatic carbocycles. The molecule has 0 bridgehead atoms. The van der Waals surface area contributed by atoms with E-state index < -0.39 is 0 Å². The van der Waals surface area contributed by atoms with Crippen LogP contribution in [0, 0.1) is 19.7 Å². The van der Waals surface area contributed by atoms with E-state index in [1.54, 1.807) is 41.4 Å². The first kappa shape index (κ1) is 21.3. The molecule has 27 heavy (non-hydrogen) atoms. The lowest BCUT2D eigenvalue weighted by Crippen LogP contribution is -2.36. The van der Waals surface area contributed by atoms with Gasteiger partial charge in [0.05, 0.1) is 12.2 Å². The lowest BCUT2D eigenvalue weighted by atomic mass is 10.2. The summed E-state index contributed by atoms with van der Waals surface area (Å²) in [5.41, 5.74) is 1.32. The molecule has 0 aliphatic carbocycles. The Hall–Kier alpha value is -2.01. The number of nitrogens with zero attached hydrogens (tertiary/aromatic N) is 4. The maximum Gasteiger partial charge on any atom is 0.191 e. The van der Waals surface area contributed by atoms with Crippen LogP contribution >= 0.6 is 35.3 Å². The van der Waals surface area contributed by atoms with Crippen molar-refractivity contribution in [3.63, 3.8) is 0 Å². The van der Waals surface area contributed by atoms with Gasteiger partial charge in [0.25, 0.3) is 0 Å².